The lowest BCUT2D eigenvalue weighted by molar-refractivity contribution is 0.0917. The number of aliphatic hydroxyl groups excluding tert-OH is 1. The van der Waals surface area contributed by atoms with Gasteiger partial charge in [-0.2, -0.15) is 0 Å². The first kappa shape index (κ1) is 14.4. The molecule has 0 spiro atoms. The molecule has 1 aromatic rings. The molecule has 0 saturated heterocycles. The number of halogens is 2. The minimum absolute atomic E-state index is 0.110. The monoisotopic (exact) mass is 302 g/mol. The van der Waals surface area contributed by atoms with Crippen molar-refractivity contribution < 1.29 is 9.90 Å². The second kappa shape index (κ2) is 5.99. The number of carbonyl (C=O) groups excluding carboxylic acids is 1. The van der Waals surface area contributed by atoms with Gasteiger partial charge in [0.2, 0.25) is 0 Å². The van der Waals surface area contributed by atoms with Crippen molar-refractivity contribution in [1.29, 1.82) is 0 Å². The lowest BCUT2D eigenvalue weighted by atomic mass is 10.1. The maximum absolute atomic E-state index is 12.0. The van der Waals surface area contributed by atoms with Crippen molar-refractivity contribution in [3.8, 4) is 0 Å². The maximum atomic E-state index is 12.0. The van der Waals surface area contributed by atoms with Gasteiger partial charge in [0.1, 0.15) is 0 Å². The molecule has 4 N–H and O–H groups in total. The highest BCUT2D eigenvalue weighted by molar-refractivity contribution is 6.44. The second-order valence-corrected chi connectivity index (χ2v) is 5.62. The molecule has 1 aromatic carbocycles. The van der Waals surface area contributed by atoms with E-state index in [0.717, 1.165) is 19.3 Å². The molecule has 0 aromatic heterocycles. The van der Waals surface area contributed by atoms with Crippen LogP contribution in [0.15, 0.2) is 12.1 Å². The van der Waals surface area contributed by atoms with E-state index >= 15 is 0 Å². The number of nitrogen functional groups attached to an aromatic ring is 1. The zero-order valence-electron chi connectivity index (χ0n) is 10.3. The van der Waals surface area contributed by atoms with Crippen molar-refractivity contribution in [2.45, 2.75) is 25.4 Å². The van der Waals surface area contributed by atoms with E-state index in [9.17, 15) is 9.90 Å². The summed E-state index contributed by atoms with van der Waals surface area (Å²) in [5.41, 5.74) is 6.30. The van der Waals surface area contributed by atoms with E-state index in [1.807, 2.05) is 0 Å². The van der Waals surface area contributed by atoms with Crippen LogP contribution in [0, 0.1) is 5.92 Å². The smallest absolute Gasteiger partial charge is 0.252 e. The first-order chi connectivity index (χ1) is 8.99. The summed E-state index contributed by atoms with van der Waals surface area (Å²) >= 11 is 11.9. The summed E-state index contributed by atoms with van der Waals surface area (Å²) in [6, 6.07) is 3.00. The molecule has 2 unspecified atom stereocenters. The zero-order valence-corrected chi connectivity index (χ0v) is 11.8. The maximum Gasteiger partial charge on any atom is 0.252 e. The van der Waals surface area contributed by atoms with E-state index in [1.165, 1.54) is 12.1 Å². The predicted molar refractivity (Wildman–Crippen MR) is 76.6 cm³/mol. The van der Waals surface area contributed by atoms with Gasteiger partial charge >= 0.3 is 0 Å². The van der Waals surface area contributed by atoms with Crippen LogP contribution in [0.5, 0.6) is 0 Å². The summed E-state index contributed by atoms with van der Waals surface area (Å²) in [5.74, 6) is -0.211. The Labute approximate surface area is 121 Å². The van der Waals surface area contributed by atoms with Gasteiger partial charge in [-0.1, -0.05) is 29.6 Å². The Morgan fingerprint density at radius 1 is 1.42 bits per heavy atom. The summed E-state index contributed by atoms with van der Waals surface area (Å²) in [6.07, 6.45) is 2.38. The normalized spacial score (nSPS) is 22.5. The fourth-order valence-corrected chi connectivity index (χ4v) is 2.77. The van der Waals surface area contributed by atoms with E-state index in [0.29, 0.717) is 12.2 Å². The van der Waals surface area contributed by atoms with Crippen molar-refractivity contribution >= 4 is 34.8 Å². The molecule has 1 amide bonds. The fraction of sp³-hybridized carbons (Fsp3) is 0.462. The predicted octanol–water partition coefficient (Wildman–Crippen LogP) is 2.47. The van der Waals surface area contributed by atoms with Crippen molar-refractivity contribution in [1.82, 2.24) is 5.32 Å². The third-order valence-corrected chi connectivity index (χ3v) is 4.24. The van der Waals surface area contributed by atoms with Gasteiger partial charge in [0.15, 0.2) is 0 Å². The third-order valence-electron chi connectivity index (χ3n) is 3.44. The number of aliphatic hydroxyl groups is 1. The molecule has 1 aliphatic rings. The largest absolute Gasteiger partial charge is 0.399 e. The quantitative estimate of drug-likeness (QED) is 0.751. The van der Waals surface area contributed by atoms with Gasteiger partial charge in [0.05, 0.1) is 21.7 Å². The topological polar surface area (TPSA) is 75.4 Å². The van der Waals surface area contributed by atoms with E-state index in [-0.39, 0.29) is 33.5 Å². The van der Waals surface area contributed by atoms with Gasteiger partial charge < -0.3 is 16.2 Å². The number of benzene rings is 1. The lowest BCUT2D eigenvalue weighted by Gasteiger charge is -2.15. The van der Waals surface area contributed by atoms with Crippen molar-refractivity contribution in [3.63, 3.8) is 0 Å². The van der Waals surface area contributed by atoms with Crippen LogP contribution < -0.4 is 11.1 Å². The second-order valence-electron chi connectivity index (χ2n) is 4.83. The number of hydrogen-bond acceptors (Lipinski definition) is 3. The summed E-state index contributed by atoms with van der Waals surface area (Å²) in [7, 11) is 0. The van der Waals surface area contributed by atoms with Crippen LogP contribution in [0.25, 0.3) is 0 Å². The Kier molecular flexibility index (Phi) is 4.55. The molecule has 4 nitrogen and oxygen atoms in total. The SMILES string of the molecule is Nc1cc(Cl)c(Cl)c(C(=O)NCC2CCCC2O)c1. The zero-order chi connectivity index (χ0) is 14.0. The number of rotatable bonds is 3. The Morgan fingerprint density at radius 2 is 2.16 bits per heavy atom. The average molecular weight is 303 g/mol. The Morgan fingerprint density at radius 3 is 2.79 bits per heavy atom. The van der Waals surface area contributed by atoms with E-state index < -0.39 is 0 Å². The minimum atomic E-state index is -0.333. The molecule has 0 heterocycles. The van der Waals surface area contributed by atoms with Gasteiger partial charge in [-0.3, -0.25) is 4.79 Å². The number of anilines is 1. The first-order valence-electron chi connectivity index (χ1n) is 6.20. The molecule has 2 rings (SSSR count). The summed E-state index contributed by atoms with van der Waals surface area (Å²) in [4.78, 5) is 12.0. The molecular weight excluding hydrogens is 287 g/mol. The highest BCUT2D eigenvalue weighted by atomic mass is 35.5. The molecule has 6 heteroatoms. The van der Waals surface area contributed by atoms with Gasteiger partial charge in [0.25, 0.3) is 5.91 Å². The van der Waals surface area contributed by atoms with Crippen molar-refractivity contribution in [2.24, 2.45) is 5.92 Å². The molecule has 19 heavy (non-hydrogen) atoms. The van der Waals surface area contributed by atoms with Gasteiger partial charge in [-0.25, -0.2) is 0 Å². The molecule has 0 radical (unpaired) electrons. The fourth-order valence-electron chi connectivity index (χ4n) is 2.35. The van der Waals surface area contributed by atoms with Gasteiger partial charge in [-0.15, -0.1) is 0 Å². The third kappa shape index (κ3) is 3.32. The first-order valence-corrected chi connectivity index (χ1v) is 6.95. The highest BCUT2D eigenvalue weighted by Gasteiger charge is 2.25. The molecule has 1 saturated carbocycles. The molecule has 0 aliphatic heterocycles. The van der Waals surface area contributed by atoms with Crippen LogP contribution in [-0.2, 0) is 0 Å². The Bertz CT molecular complexity index is 494. The van der Waals surface area contributed by atoms with E-state index in [2.05, 4.69) is 5.32 Å². The molecule has 2 atom stereocenters. The Balaban J connectivity index is 2.04. The highest BCUT2D eigenvalue weighted by Crippen LogP contribution is 2.29. The number of carbonyl (C=O) groups is 1. The van der Waals surface area contributed by atoms with Crippen LogP contribution in [0.1, 0.15) is 29.6 Å². The van der Waals surface area contributed by atoms with E-state index in [4.69, 9.17) is 28.9 Å². The summed E-state index contributed by atoms with van der Waals surface area (Å²) < 4.78 is 0. The van der Waals surface area contributed by atoms with Crippen LogP contribution in [-0.4, -0.2) is 23.7 Å². The average Bonchev–Trinajstić information content (AvgIpc) is 2.76. The molecular formula is C13H16Cl2N2O2. The lowest BCUT2D eigenvalue weighted by Crippen LogP contribution is -2.32. The summed E-state index contributed by atoms with van der Waals surface area (Å²) in [5, 5.41) is 12.9. The number of hydrogen-bond donors (Lipinski definition) is 3. The minimum Gasteiger partial charge on any atom is -0.399 e. The van der Waals surface area contributed by atoms with Crippen LogP contribution in [0.3, 0.4) is 0 Å². The molecule has 104 valence electrons. The molecule has 0 bridgehead atoms. The van der Waals surface area contributed by atoms with E-state index in [1.54, 1.807) is 0 Å². The number of nitrogens with one attached hydrogen (secondary N) is 1. The van der Waals surface area contributed by atoms with Crippen LogP contribution in [0.2, 0.25) is 10.0 Å². The standard InChI is InChI=1S/C13H16Cl2N2O2/c14-10-5-8(16)4-9(12(10)15)13(19)17-6-7-2-1-3-11(7)18/h4-5,7,11,18H,1-3,6,16H2,(H,17,19). The Hall–Kier alpha value is -0.970. The molecule has 1 aliphatic carbocycles. The van der Waals surface area contributed by atoms with Crippen molar-refractivity contribution in [2.75, 3.05) is 12.3 Å². The van der Waals surface area contributed by atoms with Crippen LogP contribution >= 0.6 is 23.2 Å². The van der Waals surface area contributed by atoms with Crippen LogP contribution in [0.4, 0.5) is 5.69 Å². The number of nitrogens with two attached hydrogens (primary N) is 1. The van der Waals surface area contributed by atoms with Crippen molar-refractivity contribution in [3.05, 3.63) is 27.7 Å². The summed E-state index contributed by atoms with van der Waals surface area (Å²) in [6.45, 7) is 0.433. The van der Waals surface area contributed by atoms with Gasteiger partial charge in [-0.05, 0) is 25.0 Å². The number of amides is 1. The molecule has 1 fully saturated rings. The van der Waals surface area contributed by atoms with Gasteiger partial charge in [0, 0.05) is 18.2 Å².